The van der Waals surface area contributed by atoms with E-state index in [9.17, 15) is 24.0 Å². The summed E-state index contributed by atoms with van der Waals surface area (Å²) in [5, 5.41) is 11.2. The number of hydrogen-bond acceptors (Lipinski definition) is 5. The van der Waals surface area contributed by atoms with Gasteiger partial charge in [0, 0.05) is 6.42 Å². The first-order valence-electron chi connectivity index (χ1n) is 7.82. The van der Waals surface area contributed by atoms with E-state index in [1.165, 1.54) is 19.1 Å². The summed E-state index contributed by atoms with van der Waals surface area (Å²) >= 11 is 0. The lowest BCUT2D eigenvalue weighted by atomic mass is 10.1. The molecule has 1 aromatic carbocycles. The number of imide groups is 1. The van der Waals surface area contributed by atoms with Gasteiger partial charge in [0.2, 0.25) is 5.91 Å². The zero-order chi connectivity index (χ0) is 18.6. The van der Waals surface area contributed by atoms with Crippen molar-refractivity contribution in [3.05, 3.63) is 35.4 Å². The third-order valence-corrected chi connectivity index (χ3v) is 3.97. The number of aliphatic carboxylic acids is 1. The number of nitrogens with zero attached hydrogens (tertiary/aromatic N) is 1. The molecular formula is C17H18N2O6. The maximum atomic E-state index is 12.5. The summed E-state index contributed by atoms with van der Waals surface area (Å²) in [6.45, 7) is 1.28. The normalized spacial score (nSPS) is 15.5. The minimum Gasteiger partial charge on any atom is -0.480 e. The first-order chi connectivity index (χ1) is 11.9. The maximum absolute atomic E-state index is 12.5. The molecule has 0 aromatic heterocycles. The summed E-state index contributed by atoms with van der Waals surface area (Å²) in [6.07, 6.45) is 1.21. The lowest BCUT2D eigenvalue weighted by Gasteiger charge is -2.26. The van der Waals surface area contributed by atoms with Gasteiger partial charge in [0.25, 0.3) is 11.8 Å². The van der Waals surface area contributed by atoms with Crippen molar-refractivity contribution in [1.29, 1.82) is 0 Å². The van der Waals surface area contributed by atoms with Crippen LogP contribution >= 0.6 is 0 Å². The van der Waals surface area contributed by atoms with Crippen molar-refractivity contribution in [2.45, 2.75) is 38.3 Å². The molecule has 2 rings (SSSR count). The van der Waals surface area contributed by atoms with Gasteiger partial charge in [-0.05, 0) is 31.9 Å². The third kappa shape index (κ3) is 3.73. The molecule has 1 aliphatic heterocycles. The lowest BCUT2D eigenvalue weighted by Crippen LogP contribution is -2.52. The van der Waals surface area contributed by atoms with Gasteiger partial charge in [0.05, 0.1) is 11.1 Å². The highest BCUT2D eigenvalue weighted by Crippen LogP contribution is 2.26. The Kier molecular flexibility index (Phi) is 5.63. The number of amides is 3. The first-order valence-corrected chi connectivity index (χ1v) is 7.82. The van der Waals surface area contributed by atoms with Crippen LogP contribution in [0.4, 0.5) is 0 Å². The van der Waals surface area contributed by atoms with Crippen LogP contribution in [-0.2, 0) is 14.4 Å². The molecule has 1 aromatic rings. The number of rotatable bonds is 8. The van der Waals surface area contributed by atoms with Gasteiger partial charge in [-0.2, -0.15) is 0 Å². The van der Waals surface area contributed by atoms with Crippen LogP contribution in [0.3, 0.4) is 0 Å². The van der Waals surface area contributed by atoms with Crippen LogP contribution in [0.15, 0.2) is 24.3 Å². The molecule has 25 heavy (non-hydrogen) atoms. The largest absolute Gasteiger partial charge is 0.480 e. The molecule has 0 spiro atoms. The molecule has 2 atom stereocenters. The number of carboxylic acid groups (broad SMARTS) is 1. The van der Waals surface area contributed by atoms with Gasteiger partial charge in [-0.1, -0.05) is 12.1 Å². The molecule has 0 saturated carbocycles. The summed E-state index contributed by atoms with van der Waals surface area (Å²) in [5.41, 5.74) is 0.402. The molecular weight excluding hydrogens is 328 g/mol. The first kappa shape index (κ1) is 18.3. The average Bonchev–Trinajstić information content (AvgIpc) is 2.83. The third-order valence-electron chi connectivity index (χ3n) is 3.97. The zero-order valence-corrected chi connectivity index (χ0v) is 13.6. The van der Waals surface area contributed by atoms with Crippen LogP contribution in [0.2, 0.25) is 0 Å². The van der Waals surface area contributed by atoms with Crippen molar-refractivity contribution in [3.8, 4) is 0 Å². The van der Waals surface area contributed by atoms with Gasteiger partial charge < -0.3 is 15.2 Å². The van der Waals surface area contributed by atoms with Gasteiger partial charge in [-0.3, -0.25) is 24.1 Å². The second-order valence-corrected chi connectivity index (χ2v) is 5.71. The Morgan fingerprint density at radius 3 is 2.24 bits per heavy atom. The Morgan fingerprint density at radius 1 is 1.20 bits per heavy atom. The van der Waals surface area contributed by atoms with E-state index in [1.807, 2.05) is 0 Å². The summed E-state index contributed by atoms with van der Waals surface area (Å²) in [5.74, 6) is -3.18. The Labute approximate surface area is 143 Å². The van der Waals surface area contributed by atoms with Crippen LogP contribution in [0.5, 0.6) is 0 Å². The van der Waals surface area contributed by atoms with Crippen molar-refractivity contribution in [3.63, 3.8) is 0 Å². The molecule has 3 amide bonds. The van der Waals surface area contributed by atoms with E-state index in [4.69, 9.17) is 5.11 Å². The van der Waals surface area contributed by atoms with Crippen LogP contribution in [0.25, 0.3) is 0 Å². The number of hydrogen-bond donors (Lipinski definition) is 2. The molecule has 8 heteroatoms. The fourth-order valence-corrected chi connectivity index (χ4v) is 2.63. The van der Waals surface area contributed by atoms with E-state index in [-0.39, 0.29) is 30.4 Å². The summed E-state index contributed by atoms with van der Waals surface area (Å²) < 4.78 is 0. The molecule has 1 aliphatic rings. The summed E-state index contributed by atoms with van der Waals surface area (Å²) in [7, 11) is 0. The van der Waals surface area contributed by atoms with E-state index in [1.54, 1.807) is 12.1 Å². The van der Waals surface area contributed by atoms with Crippen molar-refractivity contribution in [2.24, 2.45) is 0 Å². The zero-order valence-electron chi connectivity index (χ0n) is 13.6. The van der Waals surface area contributed by atoms with E-state index < -0.39 is 35.8 Å². The Bertz CT molecular complexity index is 695. The maximum Gasteiger partial charge on any atom is 0.325 e. The van der Waals surface area contributed by atoms with E-state index in [2.05, 4.69) is 5.32 Å². The second-order valence-electron chi connectivity index (χ2n) is 5.71. The Balaban J connectivity index is 2.28. The predicted octanol–water partition coefficient (Wildman–Crippen LogP) is 0.610. The predicted molar refractivity (Wildman–Crippen MR) is 85.9 cm³/mol. The highest BCUT2D eigenvalue weighted by molar-refractivity contribution is 6.22. The average molecular weight is 346 g/mol. The molecule has 0 radical (unpaired) electrons. The van der Waals surface area contributed by atoms with Gasteiger partial charge in [-0.15, -0.1) is 0 Å². The number of aldehydes is 1. The highest BCUT2D eigenvalue weighted by atomic mass is 16.4. The molecule has 1 heterocycles. The van der Waals surface area contributed by atoms with Crippen LogP contribution in [-0.4, -0.2) is 52.1 Å². The van der Waals surface area contributed by atoms with Gasteiger partial charge >= 0.3 is 5.97 Å². The van der Waals surface area contributed by atoms with Crippen LogP contribution < -0.4 is 5.32 Å². The Morgan fingerprint density at radius 2 is 1.76 bits per heavy atom. The lowest BCUT2D eigenvalue weighted by molar-refractivity contribution is -0.141. The van der Waals surface area contributed by atoms with E-state index >= 15 is 0 Å². The number of nitrogens with one attached hydrogen (secondary N) is 1. The minimum absolute atomic E-state index is 0.0718. The number of carbonyl (C=O) groups excluding carboxylic acids is 4. The smallest absolute Gasteiger partial charge is 0.325 e. The fourth-order valence-electron chi connectivity index (χ4n) is 2.63. The van der Waals surface area contributed by atoms with Crippen LogP contribution in [0, 0.1) is 0 Å². The molecule has 8 nitrogen and oxygen atoms in total. The molecule has 0 aliphatic carbocycles. The molecule has 1 unspecified atom stereocenters. The van der Waals surface area contributed by atoms with Crippen molar-refractivity contribution in [1.82, 2.24) is 10.2 Å². The number of benzene rings is 1. The molecule has 2 N–H and O–H groups in total. The quantitative estimate of drug-likeness (QED) is 0.404. The van der Waals surface area contributed by atoms with Crippen molar-refractivity contribution in [2.75, 3.05) is 0 Å². The molecule has 0 fully saturated rings. The topological polar surface area (TPSA) is 121 Å². The SMILES string of the molecule is C[C@H](NC(=O)C(CCCC=O)N1C(=O)c2ccccc2C1=O)C(=O)O. The highest BCUT2D eigenvalue weighted by Gasteiger charge is 2.42. The van der Waals surface area contributed by atoms with Crippen molar-refractivity contribution >= 4 is 30.0 Å². The van der Waals surface area contributed by atoms with E-state index in [0.29, 0.717) is 6.29 Å². The molecule has 0 saturated heterocycles. The summed E-state index contributed by atoms with van der Waals surface area (Å²) in [4.78, 5) is 59.9. The van der Waals surface area contributed by atoms with Gasteiger partial charge in [0.1, 0.15) is 18.4 Å². The number of fused-ring (bicyclic) bond motifs is 1. The second kappa shape index (κ2) is 7.69. The molecule has 132 valence electrons. The fraction of sp³-hybridized carbons (Fsp3) is 0.353. The van der Waals surface area contributed by atoms with E-state index in [0.717, 1.165) is 4.90 Å². The van der Waals surface area contributed by atoms with Gasteiger partial charge in [-0.25, -0.2) is 0 Å². The standard InChI is InChI=1S/C17H18N2O6/c1-10(17(24)25)18-14(21)13(8-4-5-9-20)19-15(22)11-6-2-3-7-12(11)16(19)23/h2-3,6-7,9-10,13H,4-5,8H2,1H3,(H,18,21)(H,24,25)/t10-,13?/m0/s1. The number of carbonyl (C=O) groups is 5. The summed E-state index contributed by atoms with van der Waals surface area (Å²) in [6, 6.07) is 3.87. The monoisotopic (exact) mass is 346 g/mol. The molecule has 0 bridgehead atoms. The van der Waals surface area contributed by atoms with Gasteiger partial charge in [0.15, 0.2) is 0 Å². The number of unbranched alkanes of at least 4 members (excludes halogenated alkanes) is 1. The Hall–Kier alpha value is -3.03. The minimum atomic E-state index is -1.23. The van der Waals surface area contributed by atoms with Crippen LogP contribution in [0.1, 0.15) is 46.9 Å². The van der Waals surface area contributed by atoms with Crippen molar-refractivity contribution < 1.29 is 29.1 Å². The number of carboxylic acids is 1.